The second kappa shape index (κ2) is 5.44. The van der Waals surface area contributed by atoms with E-state index in [4.69, 9.17) is 16.3 Å². The summed E-state index contributed by atoms with van der Waals surface area (Å²) in [6.07, 6.45) is 1.66. The SMILES string of the molecule is O=C(NC1(C(=O)O)CCOC1)c1cc(Br)cnc1Cl. The lowest BCUT2D eigenvalue weighted by molar-refractivity contribution is -0.144. The molecule has 0 aromatic carbocycles. The van der Waals surface area contributed by atoms with Gasteiger partial charge in [-0.15, -0.1) is 0 Å². The Labute approximate surface area is 122 Å². The zero-order valence-corrected chi connectivity index (χ0v) is 12.0. The molecule has 1 aromatic rings. The molecule has 0 radical (unpaired) electrons. The van der Waals surface area contributed by atoms with E-state index in [2.05, 4.69) is 26.2 Å². The van der Waals surface area contributed by atoms with Crippen LogP contribution in [0.2, 0.25) is 5.15 Å². The van der Waals surface area contributed by atoms with Gasteiger partial charge in [-0.3, -0.25) is 4.79 Å². The van der Waals surface area contributed by atoms with Crippen molar-refractivity contribution in [2.24, 2.45) is 0 Å². The predicted octanol–water partition coefficient (Wildman–Crippen LogP) is 1.47. The summed E-state index contributed by atoms with van der Waals surface area (Å²) in [5.41, 5.74) is -1.29. The minimum absolute atomic E-state index is 0.0140. The van der Waals surface area contributed by atoms with Gasteiger partial charge in [-0.05, 0) is 22.0 Å². The minimum atomic E-state index is -1.40. The van der Waals surface area contributed by atoms with Crippen molar-refractivity contribution in [3.05, 3.63) is 27.5 Å². The van der Waals surface area contributed by atoms with Crippen molar-refractivity contribution in [1.82, 2.24) is 10.3 Å². The van der Waals surface area contributed by atoms with Crippen molar-refractivity contribution in [3.63, 3.8) is 0 Å². The molecule has 0 bridgehead atoms. The van der Waals surface area contributed by atoms with Crippen LogP contribution in [0.15, 0.2) is 16.7 Å². The molecule has 1 saturated heterocycles. The van der Waals surface area contributed by atoms with Gasteiger partial charge < -0.3 is 15.2 Å². The fourth-order valence-electron chi connectivity index (χ4n) is 1.75. The quantitative estimate of drug-likeness (QED) is 0.807. The van der Waals surface area contributed by atoms with Gasteiger partial charge in [0.2, 0.25) is 0 Å². The van der Waals surface area contributed by atoms with E-state index in [-0.39, 0.29) is 30.4 Å². The van der Waals surface area contributed by atoms with Gasteiger partial charge in [0.15, 0.2) is 5.54 Å². The summed E-state index contributed by atoms with van der Waals surface area (Å²) < 4.78 is 5.64. The lowest BCUT2D eigenvalue weighted by Crippen LogP contribution is -2.55. The normalized spacial score (nSPS) is 22.2. The summed E-state index contributed by atoms with van der Waals surface area (Å²) in [4.78, 5) is 27.2. The standard InChI is InChI=1S/C11H10BrClN2O4/c12-6-3-7(8(13)14-4-6)9(16)15-11(10(17)18)1-2-19-5-11/h3-4H,1-2,5H2,(H,15,16)(H,17,18). The third kappa shape index (κ3) is 2.88. The van der Waals surface area contributed by atoms with Crippen LogP contribution in [0.1, 0.15) is 16.8 Å². The molecule has 0 aliphatic carbocycles. The molecule has 0 saturated carbocycles. The van der Waals surface area contributed by atoms with Crippen molar-refractivity contribution in [3.8, 4) is 0 Å². The molecule has 1 unspecified atom stereocenters. The summed E-state index contributed by atoms with van der Waals surface area (Å²) in [5.74, 6) is -1.72. The number of carboxylic acid groups (broad SMARTS) is 1. The van der Waals surface area contributed by atoms with E-state index < -0.39 is 17.4 Å². The van der Waals surface area contributed by atoms with E-state index in [0.717, 1.165) is 0 Å². The third-order valence-corrected chi connectivity index (χ3v) is 3.57. The molecule has 2 heterocycles. The Kier molecular flexibility index (Phi) is 4.07. The fraction of sp³-hybridized carbons (Fsp3) is 0.364. The molecule has 102 valence electrons. The van der Waals surface area contributed by atoms with E-state index in [0.29, 0.717) is 4.47 Å². The van der Waals surface area contributed by atoms with Gasteiger partial charge in [-0.1, -0.05) is 11.6 Å². The number of aromatic nitrogens is 1. The highest BCUT2D eigenvalue weighted by Crippen LogP contribution is 2.22. The molecule has 1 fully saturated rings. The van der Waals surface area contributed by atoms with Crippen LogP contribution in [0.25, 0.3) is 0 Å². The van der Waals surface area contributed by atoms with Gasteiger partial charge in [-0.2, -0.15) is 0 Å². The van der Waals surface area contributed by atoms with Crippen LogP contribution in [0.4, 0.5) is 0 Å². The number of carbonyl (C=O) groups excluding carboxylic acids is 1. The number of hydrogen-bond acceptors (Lipinski definition) is 4. The molecule has 8 heteroatoms. The Bertz CT molecular complexity index is 531. The molecule has 2 rings (SSSR count). The van der Waals surface area contributed by atoms with Crippen LogP contribution in [0, 0.1) is 0 Å². The first kappa shape index (κ1) is 14.2. The van der Waals surface area contributed by atoms with Crippen LogP contribution < -0.4 is 5.32 Å². The number of rotatable bonds is 3. The monoisotopic (exact) mass is 348 g/mol. The largest absolute Gasteiger partial charge is 0.479 e. The number of nitrogens with one attached hydrogen (secondary N) is 1. The first-order chi connectivity index (χ1) is 8.94. The highest BCUT2D eigenvalue weighted by atomic mass is 79.9. The van der Waals surface area contributed by atoms with Crippen molar-refractivity contribution in [1.29, 1.82) is 0 Å². The third-order valence-electron chi connectivity index (χ3n) is 2.83. The molecule has 1 aliphatic heterocycles. The average Bonchev–Trinajstić information content (AvgIpc) is 2.82. The highest BCUT2D eigenvalue weighted by molar-refractivity contribution is 9.10. The number of halogens is 2. The molecule has 1 amide bonds. The summed E-state index contributed by atoms with van der Waals surface area (Å²) in [5, 5.41) is 11.7. The van der Waals surface area contributed by atoms with Gasteiger partial charge in [0.05, 0.1) is 12.2 Å². The number of carboxylic acids is 1. The maximum absolute atomic E-state index is 12.1. The van der Waals surface area contributed by atoms with Crippen molar-refractivity contribution >= 4 is 39.4 Å². The van der Waals surface area contributed by atoms with Gasteiger partial charge >= 0.3 is 5.97 Å². The Hall–Kier alpha value is -1.18. The zero-order valence-electron chi connectivity index (χ0n) is 9.65. The second-order valence-corrected chi connectivity index (χ2v) is 5.41. The Balaban J connectivity index is 2.25. The lowest BCUT2D eigenvalue weighted by atomic mass is 9.98. The summed E-state index contributed by atoms with van der Waals surface area (Å²) in [6, 6.07) is 1.48. The van der Waals surface area contributed by atoms with Crippen LogP contribution in [0.3, 0.4) is 0 Å². The molecule has 0 spiro atoms. The molecular formula is C11H10BrClN2O4. The van der Waals surface area contributed by atoms with Crippen molar-refractivity contribution in [2.75, 3.05) is 13.2 Å². The topological polar surface area (TPSA) is 88.5 Å². The molecular weight excluding hydrogens is 339 g/mol. The van der Waals surface area contributed by atoms with Crippen LogP contribution >= 0.6 is 27.5 Å². The number of carbonyl (C=O) groups is 2. The highest BCUT2D eigenvalue weighted by Gasteiger charge is 2.44. The fourth-order valence-corrected chi connectivity index (χ4v) is 2.27. The van der Waals surface area contributed by atoms with Crippen molar-refractivity contribution in [2.45, 2.75) is 12.0 Å². The molecule has 1 atom stereocenters. The number of aliphatic carboxylic acids is 1. The number of pyridine rings is 1. The van der Waals surface area contributed by atoms with Gasteiger partial charge in [0.25, 0.3) is 5.91 Å². The van der Waals surface area contributed by atoms with Crippen LogP contribution in [0.5, 0.6) is 0 Å². The van der Waals surface area contributed by atoms with Gasteiger partial charge in [0.1, 0.15) is 5.15 Å². The van der Waals surface area contributed by atoms with Gasteiger partial charge in [0, 0.05) is 23.7 Å². The second-order valence-electron chi connectivity index (χ2n) is 4.14. The Morgan fingerprint density at radius 2 is 2.32 bits per heavy atom. The first-order valence-electron chi connectivity index (χ1n) is 5.39. The van der Waals surface area contributed by atoms with Crippen LogP contribution in [-0.4, -0.2) is 40.7 Å². The summed E-state index contributed by atoms with van der Waals surface area (Å²) in [6.45, 7) is 0.226. The number of amides is 1. The Morgan fingerprint density at radius 3 is 2.89 bits per heavy atom. The van der Waals surface area contributed by atoms with Crippen molar-refractivity contribution < 1.29 is 19.4 Å². The van der Waals surface area contributed by atoms with Gasteiger partial charge in [-0.25, -0.2) is 9.78 Å². The minimum Gasteiger partial charge on any atom is -0.479 e. The summed E-state index contributed by atoms with van der Waals surface area (Å²) >= 11 is 9.01. The molecule has 1 aromatic heterocycles. The van der Waals surface area contributed by atoms with E-state index in [1.54, 1.807) is 0 Å². The lowest BCUT2D eigenvalue weighted by Gasteiger charge is -2.23. The molecule has 19 heavy (non-hydrogen) atoms. The number of nitrogens with zero attached hydrogens (tertiary/aromatic N) is 1. The smallest absolute Gasteiger partial charge is 0.331 e. The number of hydrogen-bond donors (Lipinski definition) is 2. The maximum atomic E-state index is 12.1. The van der Waals surface area contributed by atoms with E-state index in [1.165, 1.54) is 12.3 Å². The van der Waals surface area contributed by atoms with Crippen LogP contribution in [-0.2, 0) is 9.53 Å². The molecule has 1 aliphatic rings. The zero-order chi connectivity index (χ0) is 14.0. The van der Waals surface area contributed by atoms with E-state index in [9.17, 15) is 14.7 Å². The van der Waals surface area contributed by atoms with E-state index in [1.807, 2.05) is 0 Å². The number of ether oxygens (including phenoxy) is 1. The maximum Gasteiger partial charge on any atom is 0.331 e. The summed E-state index contributed by atoms with van der Waals surface area (Å²) in [7, 11) is 0. The first-order valence-corrected chi connectivity index (χ1v) is 6.56. The predicted molar refractivity (Wildman–Crippen MR) is 70.2 cm³/mol. The van der Waals surface area contributed by atoms with E-state index >= 15 is 0 Å². The molecule has 2 N–H and O–H groups in total. The Morgan fingerprint density at radius 1 is 1.58 bits per heavy atom. The average molecular weight is 350 g/mol. The molecule has 6 nitrogen and oxygen atoms in total.